The first-order chi connectivity index (χ1) is 9.63. The zero-order valence-electron chi connectivity index (χ0n) is 10.8. The molecule has 4 nitrogen and oxygen atoms in total. The van der Waals surface area contributed by atoms with Crippen molar-refractivity contribution in [2.75, 3.05) is 5.32 Å². The van der Waals surface area contributed by atoms with Crippen LogP contribution in [0.1, 0.15) is 11.3 Å². The first kappa shape index (κ1) is 13.1. The van der Waals surface area contributed by atoms with Crippen LogP contribution < -0.4 is 5.32 Å². The molecular formula is C14H12BrFN4. The first-order valence-electron chi connectivity index (χ1n) is 6.11. The average molecular weight is 335 g/mol. The van der Waals surface area contributed by atoms with Crippen molar-refractivity contribution >= 4 is 27.3 Å². The number of hydrogen-bond donors (Lipinski definition) is 1. The molecule has 0 spiro atoms. The van der Waals surface area contributed by atoms with Crippen molar-refractivity contribution in [2.24, 2.45) is 0 Å². The Bertz CT molecular complexity index is 769. The van der Waals surface area contributed by atoms with Gasteiger partial charge >= 0.3 is 0 Å². The Morgan fingerprint density at radius 1 is 1.30 bits per heavy atom. The maximum Gasteiger partial charge on any atom is 0.155 e. The zero-order valence-corrected chi connectivity index (χ0v) is 12.4. The van der Waals surface area contributed by atoms with Crippen LogP contribution in [0.25, 0.3) is 5.65 Å². The lowest BCUT2D eigenvalue weighted by atomic mass is 10.2. The van der Waals surface area contributed by atoms with Crippen LogP contribution in [-0.4, -0.2) is 14.4 Å². The number of anilines is 1. The van der Waals surface area contributed by atoms with Gasteiger partial charge in [0.25, 0.3) is 0 Å². The fraction of sp³-hybridized carbons (Fsp3) is 0.143. The quantitative estimate of drug-likeness (QED) is 0.796. The second kappa shape index (κ2) is 5.20. The van der Waals surface area contributed by atoms with Crippen molar-refractivity contribution in [3.05, 3.63) is 58.5 Å². The summed E-state index contributed by atoms with van der Waals surface area (Å²) in [5.41, 5.74) is 3.20. The molecule has 3 rings (SSSR count). The summed E-state index contributed by atoms with van der Waals surface area (Å²) < 4.78 is 16.3. The Morgan fingerprint density at radius 2 is 2.15 bits per heavy atom. The molecular weight excluding hydrogens is 323 g/mol. The number of aromatic nitrogens is 3. The molecule has 0 aliphatic carbocycles. The van der Waals surface area contributed by atoms with E-state index in [1.807, 2.05) is 17.5 Å². The predicted octanol–water partition coefficient (Wildman–Crippen LogP) is 3.55. The number of imidazole rings is 1. The van der Waals surface area contributed by atoms with Crippen molar-refractivity contribution in [3.63, 3.8) is 0 Å². The van der Waals surface area contributed by atoms with Gasteiger partial charge in [0.1, 0.15) is 10.4 Å². The van der Waals surface area contributed by atoms with Gasteiger partial charge in [-0.05, 0) is 40.5 Å². The van der Waals surface area contributed by atoms with Gasteiger partial charge in [-0.15, -0.1) is 0 Å². The van der Waals surface area contributed by atoms with Gasteiger partial charge in [0.2, 0.25) is 0 Å². The van der Waals surface area contributed by atoms with Gasteiger partial charge in [-0.25, -0.2) is 14.4 Å². The number of benzene rings is 1. The molecule has 0 aliphatic rings. The van der Waals surface area contributed by atoms with Gasteiger partial charge in [0, 0.05) is 6.20 Å². The van der Waals surface area contributed by atoms with Crippen molar-refractivity contribution < 1.29 is 4.39 Å². The molecule has 0 saturated heterocycles. The molecule has 0 fully saturated rings. The van der Waals surface area contributed by atoms with Crippen molar-refractivity contribution in [1.29, 1.82) is 0 Å². The standard InChI is InChI=1S/C14H12BrFN4/c1-9-2-3-11(16)12(4-9)17-5-10-6-19-14-7-18-13(15)8-20(10)14/h2-4,6-8,17H,5H2,1H3. The maximum absolute atomic E-state index is 13.7. The number of nitrogens with one attached hydrogen (secondary N) is 1. The molecule has 0 aliphatic heterocycles. The van der Waals surface area contributed by atoms with Crippen molar-refractivity contribution in [1.82, 2.24) is 14.4 Å². The molecule has 0 atom stereocenters. The maximum atomic E-state index is 13.7. The van der Waals surface area contributed by atoms with Gasteiger partial charge < -0.3 is 5.32 Å². The molecule has 1 aromatic carbocycles. The van der Waals surface area contributed by atoms with Gasteiger partial charge in [0.15, 0.2) is 5.65 Å². The van der Waals surface area contributed by atoms with Crippen LogP contribution in [0.5, 0.6) is 0 Å². The fourth-order valence-electron chi connectivity index (χ4n) is 2.01. The van der Waals surface area contributed by atoms with Gasteiger partial charge in [-0.1, -0.05) is 6.07 Å². The highest BCUT2D eigenvalue weighted by Gasteiger charge is 2.06. The smallest absolute Gasteiger partial charge is 0.155 e. The third kappa shape index (κ3) is 2.51. The topological polar surface area (TPSA) is 42.2 Å². The van der Waals surface area contributed by atoms with Gasteiger partial charge in [-0.2, -0.15) is 0 Å². The molecule has 102 valence electrons. The van der Waals surface area contributed by atoms with E-state index < -0.39 is 0 Å². The minimum absolute atomic E-state index is 0.257. The third-order valence-corrected chi connectivity index (χ3v) is 3.43. The second-order valence-corrected chi connectivity index (χ2v) is 5.34. The summed E-state index contributed by atoms with van der Waals surface area (Å²) in [4.78, 5) is 8.38. The molecule has 20 heavy (non-hydrogen) atoms. The lowest BCUT2D eigenvalue weighted by Gasteiger charge is -2.08. The number of aryl methyl sites for hydroxylation is 1. The van der Waals surface area contributed by atoms with Gasteiger partial charge in [0.05, 0.1) is 30.3 Å². The van der Waals surface area contributed by atoms with Crippen molar-refractivity contribution in [3.8, 4) is 0 Å². The van der Waals surface area contributed by atoms with Crippen LogP contribution in [0.4, 0.5) is 10.1 Å². The van der Waals surface area contributed by atoms with E-state index in [4.69, 9.17) is 0 Å². The zero-order chi connectivity index (χ0) is 14.1. The van der Waals surface area contributed by atoms with E-state index in [0.717, 1.165) is 21.5 Å². The van der Waals surface area contributed by atoms with Gasteiger partial charge in [-0.3, -0.25) is 4.40 Å². The first-order valence-corrected chi connectivity index (χ1v) is 6.90. The molecule has 6 heteroatoms. The minimum Gasteiger partial charge on any atom is -0.377 e. The lowest BCUT2D eigenvalue weighted by molar-refractivity contribution is 0.629. The Hall–Kier alpha value is -1.95. The molecule has 0 radical (unpaired) electrons. The van der Waals surface area contributed by atoms with E-state index in [9.17, 15) is 4.39 Å². The molecule has 2 heterocycles. The Morgan fingerprint density at radius 3 is 3.00 bits per heavy atom. The van der Waals surface area contributed by atoms with E-state index in [1.165, 1.54) is 6.07 Å². The van der Waals surface area contributed by atoms with E-state index in [-0.39, 0.29) is 5.82 Å². The summed E-state index contributed by atoms with van der Waals surface area (Å²) in [6.07, 6.45) is 5.27. The highest BCUT2D eigenvalue weighted by Crippen LogP contribution is 2.17. The largest absolute Gasteiger partial charge is 0.377 e. The van der Waals surface area contributed by atoms with E-state index >= 15 is 0 Å². The summed E-state index contributed by atoms with van der Waals surface area (Å²) in [6.45, 7) is 2.42. The Balaban J connectivity index is 1.86. The molecule has 0 saturated carbocycles. The van der Waals surface area contributed by atoms with Crippen LogP contribution in [0, 0.1) is 12.7 Å². The fourth-order valence-corrected chi connectivity index (χ4v) is 2.31. The van der Waals surface area contributed by atoms with E-state index in [0.29, 0.717) is 12.2 Å². The molecule has 2 aromatic heterocycles. The molecule has 0 bridgehead atoms. The summed E-state index contributed by atoms with van der Waals surface area (Å²) in [5.74, 6) is -0.257. The number of rotatable bonds is 3. The van der Waals surface area contributed by atoms with Crippen molar-refractivity contribution in [2.45, 2.75) is 13.5 Å². The average Bonchev–Trinajstić information content (AvgIpc) is 2.82. The monoisotopic (exact) mass is 334 g/mol. The second-order valence-electron chi connectivity index (χ2n) is 4.52. The highest BCUT2D eigenvalue weighted by molar-refractivity contribution is 9.10. The summed E-state index contributed by atoms with van der Waals surface area (Å²) in [7, 11) is 0. The van der Waals surface area contributed by atoms with E-state index in [2.05, 4.69) is 31.2 Å². The number of hydrogen-bond acceptors (Lipinski definition) is 3. The SMILES string of the molecule is Cc1ccc(F)c(NCc2cnc3cnc(Br)cn23)c1. The van der Waals surface area contributed by atoms with Crippen LogP contribution in [0.15, 0.2) is 41.4 Å². The van der Waals surface area contributed by atoms with E-state index in [1.54, 1.807) is 24.5 Å². The molecule has 3 aromatic rings. The number of fused-ring (bicyclic) bond motifs is 1. The minimum atomic E-state index is -0.257. The number of halogens is 2. The predicted molar refractivity (Wildman–Crippen MR) is 79.2 cm³/mol. The Kier molecular flexibility index (Phi) is 3.40. The van der Waals surface area contributed by atoms with Crippen LogP contribution in [0.3, 0.4) is 0 Å². The summed E-state index contributed by atoms with van der Waals surface area (Å²) in [6, 6.07) is 5.00. The van der Waals surface area contributed by atoms with Crippen LogP contribution in [-0.2, 0) is 6.54 Å². The lowest BCUT2D eigenvalue weighted by Crippen LogP contribution is -2.04. The molecule has 1 N–H and O–H groups in total. The number of nitrogens with zero attached hydrogens (tertiary/aromatic N) is 3. The molecule has 0 unspecified atom stereocenters. The Labute approximate surface area is 123 Å². The highest BCUT2D eigenvalue weighted by atomic mass is 79.9. The summed E-state index contributed by atoms with van der Waals surface area (Å²) in [5, 5.41) is 3.10. The van der Waals surface area contributed by atoms with Crippen LogP contribution >= 0.6 is 15.9 Å². The van der Waals surface area contributed by atoms with Crippen LogP contribution in [0.2, 0.25) is 0 Å². The normalized spacial score (nSPS) is 10.9. The summed E-state index contributed by atoms with van der Waals surface area (Å²) >= 11 is 3.33. The third-order valence-electron chi connectivity index (χ3n) is 3.02. The molecule has 0 amide bonds.